The Labute approximate surface area is 111 Å². The van der Waals surface area contributed by atoms with Gasteiger partial charge in [-0.2, -0.15) is 0 Å². The van der Waals surface area contributed by atoms with Crippen molar-refractivity contribution in [1.82, 2.24) is 0 Å². The second kappa shape index (κ2) is 6.87. The Morgan fingerprint density at radius 1 is 1.44 bits per heavy atom. The summed E-state index contributed by atoms with van der Waals surface area (Å²) < 4.78 is 15.6. The molecule has 0 aromatic carbocycles. The van der Waals surface area contributed by atoms with E-state index in [2.05, 4.69) is 4.74 Å². The van der Waals surface area contributed by atoms with E-state index in [1.807, 2.05) is 12.1 Å². The smallest absolute Gasteiger partial charge is 0.348 e. The minimum absolute atomic E-state index is 0.0428. The number of carbonyl (C=O) groups excluding carboxylic acids is 1. The van der Waals surface area contributed by atoms with Crippen LogP contribution in [0, 0.1) is 0 Å². The predicted molar refractivity (Wildman–Crippen MR) is 68.9 cm³/mol. The second-order valence-electron chi connectivity index (χ2n) is 4.17. The molecule has 2 heterocycles. The Morgan fingerprint density at radius 3 is 2.94 bits per heavy atom. The minimum Gasteiger partial charge on any atom is -0.465 e. The molecule has 5 heteroatoms. The van der Waals surface area contributed by atoms with E-state index in [1.54, 1.807) is 0 Å². The molecule has 1 aliphatic rings. The number of esters is 1. The van der Waals surface area contributed by atoms with Gasteiger partial charge in [-0.1, -0.05) is 0 Å². The zero-order valence-corrected chi connectivity index (χ0v) is 11.3. The summed E-state index contributed by atoms with van der Waals surface area (Å²) in [5.41, 5.74) is 0. The van der Waals surface area contributed by atoms with Crippen LogP contribution in [0.5, 0.6) is 0 Å². The van der Waals surface area contributed by atoms with Crippen LogP contribution < -0.4 is 0 Å². The fraction of sp³-hybridized carbons (Fsp3) is 0.615. The lowest BCUT2D eigenvalue weighted by Gasteiger charge is -2.22. The van der Waals surface area contributed by atoms with Crippen LogP contribution in [0.4, 0.5) is 0 Å². The van der Waals surface area contributed by atoms with Gasteiger partial charge in [0, 0.05) is 4.88 Å². The number of aryl methyl sites for hydroxylation is 1. The van der Waals surface area contributed by atoms with E-state index >= 15 is 0 Å². The molecule has 1 aromatic rings. The lowest BCUT2D eigenvalue weighted by atomic mass is 10.2. The quantitative estimate of drug-likeness (QED) is 0.772. The Morgan fingerprint density at radius 2 is 2.22 bits per heavy atom. The number of ether oxygens (including phenoxy) is 3. The number of methoxy groups -OCH3 is 1. The average Bonchev–Trinajstić information content (AvgIpc) is 2.88. The maximum atomic E-state index is 11.3. The summed E-state index contributed by atoms with van der Waals surface area (Å²) >= 11 is 1.50. The molecule has 0 unspecified atom stereocenters. The molecule has 18 heavy (non-hydrogen) atoms. The van der Waals surface area contributed by atoms with E-state index < -0.39 is 0 Å². The minimum atomic E-state index is -0.259. The monoisotopic (exact) mass is 270 g/mol. The zero-order valence-electron chi connectivity index (χ0n) is 10.5. The highest BCUT2D eigenvalue weighted by atomic mass is 32.1. The molecule has 0 bridgehead atoms. The van der Waals surface area contributed by atoms with Crippen molar-refractivity contribution in [3.05, 3.63) is 21.9 Å². The molecule has 4 nitrogen and oxygen atoms in total. The molecule has 100 valence electrons. The highest BCUT2D eigenvalue weighted by Gasteiger charge is 2.14. The molecule has 0 amide bonds. The van der Waals surface area contributed by atoms with Crippen molar-refractivity contribution in [2.24, 2.45) is 0 Å². The summed E-state index contributed by atoms with van der Waals surface area (Å²) in [7, 11) is 1.40. The Balaban J connectivity index is 1.72. The van der Waals surface area contributed by atoms with Gasteiger partial charge < -0.3 is 14.2 Å². The molecule has 0 aliphatic carbocycles. The third kappa shape index (κ3) is 3.80. The highest BCUT2D eigenvalue weighted by Crippen LogP contribution is 2.20. The SMILES string of the molecule is COC(=O)c1ccc(CCCC2OCCCO2)s1. The first-order chi connectivity index (χ1) is 8.79. The van der Waals surface area contributed by atoms with Gasteiger partial charge in [0.05, 0.1) is 20.3 Å². The van der Waals surface area contributed by atoms with Crippen LogP contribution in [0.3, 0.4) is 0 Å². The molecule has 2 rings (SSSR count). The van der Waals surface area contributed by atoms with E-state index in [0.717, 1.165) is 38.9 Å². The van der Waals surface area contributed by atoms with Crippen molar-refractivity contribution in [3.63, 3.8) is 0 Å². The van der Waals surface area contributed by atoms with Crippen molar-refractivity contribution in [3.8, 4) is 0 Å². The van der Waals surface area contributed by atoms with Crippen molar-refractivity contribution in [2.45, 2.75) is 32.0 Å². The molecule has 1 aliphatic heterocycles. The van der Waals surface area contributed by atoms with Gasteiger partial charge in [0.25, 0.3) is 0 Å². The highest BCUT2D eigenvalue weighted by molar-refractivity contribution is 7.13. The molecule has 1 fully saturated rings. The van der Waals surface area contributed by atoms with Crippen molar-refractivity contribution in [1.29, 1.82) is 0 Å². The zero-order chi connectivity index (χ0) is 12.8. The van der Waals surface area contributed by atoms with Crippen LogP contribution in [0.15, 0.2) is 12.1 Å². The number of hydrogen-bond acceptors (Lipinski definition) is 5. The lowest BCUT2D eigenvalue weighted by molar-refractivity contribution is -0.181. The maximum Gasteiger partial charge on any atom is 0.348 e. The summed E-state index contributed by atoms with van der Waals surface area (Å²) in [6.07, 6.45) is 3.81. The first kappa shape index (κ1) is 13.5. The molecule has 0 spiro atoms. The van der Waals surface area contributed by atoms with Gasteiger partial charge in [-0.25, -0.2) is 4.79 Å². The normalized spacial score (nSPS) is 16.7. The van der Waals surface area contributed by atoms with E-state index in [-0.39, 0.29) is 12.3 Å². The van der Waals surface area contributed by atoms with Crippen LogP contribution in [-0.4, -0.2) is 32.6 Å². The fourth-order valence-corrected chi connectivity index (χ4v) is 2.84. The van der Waals surface area contributed by atoms with Gasteiger partial charge in [-0.15, -0.1) is 11.3 Å². The first-order valence-electron chi connectivity index (χ1n) is 6.20. The third-order valence-corrected chi connectivity index (χ3v) is 3.93. The van der Waals surface area contributed by atoms with Gasteiger partial charge >= 0.3 is 5.97 Å². The molecule has 1 aromatic heterocycles. The molecule has 0 saturated carbocycles. The van der Waals surface area contributed by atoms with Crippen LogP contribution >= 0.6 is 11.3 Å². The number of thiophene rings is 1. The van der Waals surface area contributed by atoms with Crippen LogP contribution in [-0.2, 0) is 20.6 Å². The van der Waals surface area contributed by atoms with E-state index in [4.69, 9.17) is 9.47 Å². The Hall–Kier alpha value is -0.910. The molecule has 1 saturated heterocycles. The second-order valence-corrected chi connectivity index (χ2v) is 5.34. The summed E-state index contributed by atoms with van der Waals surface area (Å²) in [6, 6.07) is 3.80. The molecule has 0 N–H and O–H groups in total. The van der Waals surface area contributed by atoms with Crippen LogP contribution in [0.2, 0.25) is 0 Å². The Bertz CT molecular complexity index is 382. The van der Waals surface area contributed by atoms with E-state index in [0.29, 0.717) is 4.88 Å². The summed E-state index contributed by atoms with van der Waals surface area (Å²) in [4.78, 5) is 13.2. The van der Waals surface area contributed by atoms with Gasteiger partial charge in [0.15, 0.2) is 6.29 Å². The standard InChI is InChI=1S/C13H18O4S/c1-15-13(14)11-7-6-10(18-11)4-2-5-12-16-8-3-9-17-12/h6-7,12H,2-5,8-9H2,1H3. The van der Waals surface area contributed by atoms with Gasteiger partial charge in [-0.3, -0.25) is 0 Å². The van der Waals surface area contributed by atoms with Crippen molar-refractivity contribution < 1.29 is 19.0 Å². The number of hydrogen-bond donors (Lipinski definition) is 0. The van der Waals surface area contributed by atoms with Crippen LogP contribution in [0.1, 0.15) is 33.8 Å². The van der Waals surface area contributed by atoms with Gasteiger partial charge in [0.2, 0.25) is 0 Å². The van der Waals surface area contributed by atoms with E-state index in [1.165, 1.54) is 23.3 Å². The maximum absolute atomic E-state index is 11.3. The summed E-state index contributed by atoms with van der Waals surface area (Å²) in [5.74, 6) is -0.259. The lowest BCUT2D eigenvalue weighted by Crippen LogP contribution is -2.24. The Kier molecular flexibility index (Phi) is 5.16. The molecular formula is C13H18O4S. The number of rotatable bonds is 5. The summed E-state index contributed by atoms with van der Waals surface area (Å²) in [5, 5.41) is 0. The average molecular weight is 270 g/mol. The van der Waals surface area contributed by atoms with Crippen LogP contribution in [0.25, 0.3) is 0 Å². The number of carbonyl (C=O) groups is 1. The first-order valence-corrected chi connectivity index (χ1v) is 7.01. The molecular weight excluding hydrogens is 252 g/mol. The topological polar surface area (TPSA) is 44.8 Å². The van der Waals surface area contributed by atoms with Crippen molar-refractivity contribution >= 4 is 17.3 Å². The van der Waals surface area contributed by atoms with E-state index in [9.17, 15) is 4.79 Å². The summed E-state index contributed by atoms with van der Waals surface area (Å²) in [6.45, 7) is 1.60. The third-order valence-electron chi connectivity index (χ3n) is 2.81. The van der Waals surface area contributed by atoms with Gasteiger partial charge in [-0.05, 0) is 37.8 Å². The largest absolute Gasteiger partial charge is 0.465 e. The van der Waals surface area contributed by atoms with Crippen molar-refractivity contribution in [2.75, 3.05) is 20.3 Å². The fourth-order valence-electron chi connectivity index (χ4n) is 1.87. The molecule has 0 atom stereocenters. The molecule has 0 radical (unpaired) electrons. The predicted octanol–water partition coefficient (Wildman–Crippen LogP) is 2.62. The van der Waals surface area contributed by atoms with Gasteiger partial charge in [0.1, 0.15) is 4.88 Å².